The third-order valence-electron chi connectivity index (χ3n) is 2.23. The van der Waals surface area contributed by atoms with Crippen molar-refractivity contribution < 1.29 is 31.5 Å². The van der Waals surface area contributed by atoms with Crippen molar-refractivity contribution in [1.82, 2.24) is 4.90 Å². The fraction of sp³-hybridized carbons (Fsp3) is 0.875. The molecule has 1 fully saturated rings. The van der Waals surface area contributed by atoms with Gasteiger partial charge in [-0.05, 0) is 0 Å². The van der Waals surface area contributed by atoms with Gasteiger partial charge in [-0.1, -0.05) is 6.92 Å². The fourth-order valence-electron chi connectivity index (χ4n) is 1.31. The van der Waals surface area contributed by atoms with Gasteiger partial charge >= 0.3 is 12.3 Å². The number of hydrogen-bond donors (Lipinski definition) is 0. The normalized spacial score (nSPS) is 24.6. The van der Waals surface area contributed by atoms with Crippen LogP contribution in [0.1, 0.15) is 6.92 Å². The molecule has 0 saturated carbocycles. The quantitative estimate of drug-likeness (QED) is 0.665. The molecule has 1 atom stereocenters. The summed E-state index contributed by atoms with van der Waals surface area (Å²) in [5.41, 5.74) is 0. The second kappa shape index (κ2) is 4.06. The molecule has 1 aliphatic rings. The smallest absolute Gasteiger partial charge is 0.422 e. The standard InChI is InChI=1S/C8H10F5NO2/c1-5-2-14(3-7(5,9)10)6(15)16-4-8(11,12)13/h5H,2-4H2,1H3. The van der Waals surface area contributed by atoms with Crippen molar-refractivity contribution in [3.63, 3.8) is 0 Å². The van der Waals surface area contributed by atoms with E-state index in [1.165, 1.54) is 6.92 Å². The molecule has 0 aliphatic carbocycles. The molecule has 0 bridgehead atoms. The lowest BCUT2D eigenvalue weighted by Crippen LogP contribution is -2.34. The number of rotatable bonds is 1. The predicted molar refractivity (Wildman–Crippen MR) is 43.1 cm³/mol. The van der Waals surface area contributed by atoms with E-state index < -0.39 is 37.3 Å². The minimum Gasteiger partial charge on any atom is -0.440 e. The van der Waals surface area contributed by atoms with Crippen LogP contribution >= 0.6 is 0 Å². The third-order valence-corrected chi connectivity index (χ3v) is 2.23. The maximum atomic E-state index is 13.0. The Labute approximate surface area is 88.2 Å². The number of carbonyl (C=O) groups excluding carboxylic acids is 1. The zero-order valence-electron chi connectivity index (χ0n) is 8.35. The van der Waals surface area contributed by atoms with Crippen molar-refractivity contribution in [2.45, 2.75) is 19.0 Å². The van der Waals surface area contributed by atoms with Gasteiger partial charge in [-0.25, -0.2) is 13.6 Å². The van der Waals surface area contributed by atoms with E-state index in [1.54, 1.807) is 0 Å². The molecule has 16 heavy (non-hydrogen) atoms. The average Bonchev–Trinajstić information content (AvgIpc) is 2.36. The van der Waals surface area contributed by atoms with E-state index in [4.69, 9.17) is 0 Å². The molecule has 0 N–H and O–H groups in total. The Morgan fingerprint density at radius 2 is 2.06 bits per heavy atom. The van der Waals surface area contributed by atoms with Crippen LogP contribution in [-0.4, -0.2) is 42.8 Å². The summed E-state index contributed by atoms with van der Waals surface area (Å²) in [5.74, 6) is -4.15. The maximum Gasteiger partial charge on any atom is 0.422 e. The van der Waals surface area contributed by atoms with E-state index in [1.807, 2.05) is 0 Å². The van der Waals surface area contributed by atoms with Crippen LogP contribution in [0.4, 0.5) is 26.7 Å². The van der Waals surface area contributed by atoms with Crippen molar-refractivity contribution in [1.29, 1.82) is 0 Å². The largest absolute Gasteiger partial charge is 0.440 e. The summed E-state index contributed by atoms with van der Waals surface area (Å²) < 4.78 is 64.8. The molecule has 94 valence electrons. The van der Waals surface area contributed by atoms with Crippen LogP contribution in [0, 0.1) is 5.92 Å². The molecule has 0 radical (unpaired) electrons. The lowest BCUT2D eigenvalue weighted by Gasteiger charge is -2.16. The van der Waals surface area contributed by atoms with Gasteiger partial charge in [0.05, 0.1) is 6.54 Å². The summed E-state index contributed by atoms with van der Waals surface area (Å²) in [6, 6.07) is 0. The highest BCUT2D eigenvalue weighted by Gasteiger charge is 2.47. The second-order valence-electron chi connectivity index (χ2n) is 3.71. The molecule has 0 aromatic carbocycles. The molecule has 1 aliphatic heterocycles. The highest BCUT2D eigenvalue weighted by molar-refractivity contribution is 5.68. The van der Waals surface area contributed by atoms with Gasteiger partial charge in [-0.3, -0.25) is 0 Å². The summed E-state index contributed by atoms with van der Waals surface area (Å²) >= 11 is 0. The Balaban J connectivity index is 2.46. The molecular weight excluding hydrogens is 237 g/mol. The first-order chi connectivity index (χ1) is 7.12. The molecule has 1 saturated heterocycles. The zero-order valence-corrected chi connectivity index (χ0v) is 8.35. The molecule has 1 amide bonds. The first-order valence-electron chi connectivity index (χ1n) is 4.48. The van der Waals surface area contributed by atoms with Crippen LogP contribution in [-0.2, 0) is 4.74 Å². The predicted octanol–water partition coefficient (Wildman–Crippen LogP) is 2.27. The first kappa shape index (κ1) is 13.0. The van der Waals surface area contributed by atoms with Gasteiger partial charge in [0.1, 0.15) is 0 Å². The lowest BCUT2D eigenvalue weighted by atomic mass is 10.1. The number of ether oxygens (including phenoxy) is 1. The maximum absolute atomic E-state index is 13.0. The number of halogens is 5. The minimum atomic E-state index is -4.65. The molecule has 1 rings (SSSR count). The van der Waals surface area contributed by atoms with Crippen LogP contribution in [0.5, 0.6) is 0 Å². The molecule has 3 nitrogen and oxygen atoms in total. The van der Waals surface area contributed by atoms with E-state index in [-0.39, 0.29) is 6.54 Å². The van der Waals surface area contributed by atoms with Crippen molar-refractivity contribution in [3.8, 4) is 0 Å². The highest BCUT2D eigenvalue weighted by Crippen LogP contribution is 2.32. The summed E-state index contributed by atoms with van der Waals surface area (Å²) in [6.45, 7) is -1.74. The molecule has 1 unspecified atom stereocenters. The lowest BCUT2D eigenvalue weighted by molar-refractivity contribution is -0.162. The second-order valence-corrected chi connectivity index (χ2v) is 3.71. The van der Waals surface area contributed by atoms with E-state index in [0.29, 0.717) is 4.90 Å². The van der Waals surface area contributed by atoms with Crippen LogP contribution in [0.15, 0.2) is 0 Å². The van der Waals surface area contributed by atoms with E-state index >= 15 is 0 Å². The molecule has 0 spiro atoms. The molecule has 0 aromatic heterocycles. The van der Waals surface area contributed by atoms with Crippen LogP contribution in [0.25, 0.3) is 0 Å². The fourth-order valence-corrected chi connectivity index (χ4v) is 1.31. The van der Waals surface area contributed by atoms with Gasteiger partial charge in [0.25, 0.3) is 5.92 Å². The number of carbonyl (C=O) groups is 1. The SMILES string of the molecule is CC1CN(C(=O)OCC(F)(F)F)CC1(F)F. The van der Waals surface area contributed by atoms with Crippen LogP contribution < -0.4 is 0 Å². The zero-order chi connectivity index (χ0) is 12.6. The number of nitrogens with zero attached hydrogens (tertiary/aromatic N) is 1. The Kier molecular flexibility index (Phi) is 3.30. The first-order valence-corrected chi connectivity index (χ1v) is 4.48. The molecule has 8 heteroatoms. The summed E-state index contributed by atoms with van der Waals surface area (Å²) in [4.78, 5) is 11.6. The number of alkyl halides is 5. The molecular formula is C8H10F5NO2. The van der Waals surface area contributed by atoms with Gasteiger partial charge in [0, 0.05) is 12.5 Å². The monoisotopic (exact) mass is 247 g/mol. The topological polar surface area (TPSA) is 29.5 Å². The third kappa shape index (κ3) is 3.21. The number of hydrogen-bond acceptors (Lipinski definition) is 2. The number of amides is 1. The van der Waals surface area contributed by atoms with E-state index in [2.05, 4.69) is 4.74 Å². The van der Waals surface area contributed by atoms with Crippen LogP contribution in [0.3, 0.4) is 0 Å². The Morgan fingerprint density at radius 1 is 1.50 bits per heavy atom. The summed E-state index contributed by atoms with van der Waals surface area (Å²) in [5, 5.41) is 0. The summed E-state index contributed by atoms with van der Waals surface area (Å²) in [6.07, 6.45) is -6.01. The Morgan fingerprint density at radius 3 is 2.44 bits per heavy atom. The molecule has 1 heterocycles. The Bertz CT molecular complexity index is 278. The van der Waals surface area contributed by atoms with E-state index in [9.17, 15) is 26.7 Å². The highest BCUT2D eigenvalue weighted by atomic mass is 19.4. The minimum absolute atomic E-state index is 0.302. The average molecular weight is 247 g/mol. The van der Waals surface area contributed by atoms with Gasteiger partial charge in [-0.2, -0.15) is 13.2 Å². The van der Waals surface area contributed by atoms with Gasteiger partial charge in [0.15, 0.2) is 6.61 Å². The van der Waals surface area contributed by atoms with Gasteiger partial charge in [-0.15, -0.1) is 0 Å². The van der Waals surface area contributed by atoms with Crippen LogP contribution in [0.2, 0.25) is 0 Å². The van der Waals surface area contributed by atoms with Gasteiger partial charge < -0.3 is 9.64 Å². The molecule has 0 aromatic rings. The Hall–Kier alpha value is -1.08. The summed E-state index contributed by atoms with van der Waals surface area (Å²) in [7, 11) is 0. The van der Waals surface area contributed by atoms with Crippen molar-refractivity contribution in [2.75, 3.05) is 19.7 Å². The van der Waals surface area contributed by atoms with Crippen molar-refractivity contribution in [3.05, 3.63) is 0 Å². The van der Waals surface area contributed by atoms with E-state index in [0.717, 1.165) is 0 Å². The van der Waals surface area contributed by atoms with Crippen molar-refractivity contribution >= 4 is 6.09 Å². The van der Waals surface area contributed by atoms with Gasteiger partial charge in [0.2, 0.25) is 0 Å². The number of likely N-dealkylation sites (tertiary alicyclic amines) is 1. The van der Waals surface area contributed by atoms with Crippen molar-refractivity contribution in [2.24, 2.45) is 5.92 Å².